The lowest BCUT2D eigenvalue weighted by Crippen LogP contribution is -2.44. The van der Waals surface area contributed by atoms with Crippen LogP contribution in [0.15, 0.2) is 10.4 Å². The van der Waals surface area contributed by atoms with Gasteiger partial charge in [-0.1, -0.05) is 0 Å². The summed E-state index contributed by atoms with van der Waals surface area (Å²) in [5.41, 5.74) is 4.88. The summed E-state index contributed by atoms with van der Waals surface area (Å²) >= 11 is 0.928. The number of rotatable bonds is 2. The summed E-state index contributed by atoms with van der Waals surface area (Å²) in [5, 5.41) is 1.28. The molecule has 5 nitrogen and oxygen atoms in total. The van der Waals surface area contributed by atoms with E-state index in [1.807, 2.05) is 4.90 Å². The number of hydrogen-bond acceptors (Lipinski definition) is 4. The van der Waals surface area contributed by atoms with Crippen molar-refractivity contribution in [2.45, 2.75) is 12.7 Å². The SMILES string of the molecule is I.NC(=NCc1nc(C(F)(F)F)cs1)N1CCOCC1. The van der Waals surface area contributed by atoms with Gasteiger partial charge in [-0.3, -0.25) is 0 Å². The highest BCUT2D eigenvalue weighted by Crippen LogP contribution is 2.30. The Morgan fingerprint density at radius 1 is 1.45 bits per heavy atom. The van der Waals surface area contributed by atoms with Crippen LogP contribution < -0.4 is 5.73 Å². The molecule has 0 amide bonds. The van der Waals surface area contributed by atoms with Crippen LogP contribution in [0, 0.1) is 0 Å². The molecule has 1 saturated heterocycles. The van der Waals surface area contributed by atoms with E-state index in [0.29, 0.717) is 37.3 Å². The first-order valence-electron chi connectivity index (χ1n) is 5.61. The second-order valence-corrected chi connectivity index (χ2v) is 4.84. The fourth-order valence-electron chi connectivity index (χ4n) is 1.55. The molecule has 2 heterocycles. The molecule has 0 spiro atoms. The quantitative estimate of drug-likeness (QED) is 0.450. The van der Waals surface area contributed by atoms with Crippen molar-refractivity contribution in [2.75, 3.05) is 26.3 Å². The molecule has 20 heavy (non-hydrogen) atoms. The third kappa shape index (κ3) is 4.74. The summed E-state index contributed by atoms with van der Waals surface area (Å²) < 4.78 is 42.2. The van der Waals surface area contributed by atoms with Gasteiger partial charge in [0, 0.05) is 18.5 Å². The Hall–Kier alpha value is -0.620. The average Bonchev–Trinajstić information content (AvgIpc) is 2.86. The number of hydrogen-bond donors (Lipinski definition) is 1. The molecule has 2 N–H and O–H groups in total. The molecule has 1 aromatic heterocycles. The average molecular weight is 422 g/mol. The van der Waals surface area contributed by atoms with Crippen molar-refractivity contribution in [2.24, 2.45) is 10.7 Å². The first-order valence-corrected chi connectivity index (χ1v) is 6.49. The molecule has 1 aliphatic rings. The molecule has 1 aliphatic heterocycles. The molecule has 0 aliphatic carbocycles. The number of thiazole rings is 1. The number of ether oxygens (including phenoxy) is 1. The molecule has 0 radical (unpaired) electrons. The largest absolute Gasteiger partial charge is 0.434 e. The zero-order chi connectivity index (χ0) is 13.9. The molecule has 0 aromatic carbocycles. The minimum atomic E-state index is -4.41. The van der Waals surface area contributed by atoms with Crippen LogP contribution in [0.4, 0.5) is 13.2 Å². The Morgan fingerprint density at radius 2 is 2.10 bits per heavy atom. The van der Waals surface area contributed by atoms with Crippen LogP contribution >= 0.6 is 35.3 Å². The Morgan fingerprint density at radius 3 is 2.65 bits per heavy atom. The van der Waals surface area contributed by atoms with Gasteiger partial charge in [0.15, 0.2) is 11.7 Å². The van der Waals surface area contributed by atoms with Crippen molar-refractivity contribution in [3.8, 4) is 0 Å². The van der Waals surface area contributed by atoms with Gasteiger partial charge in [0.05, 0.1) is 19.8 Å². The number of alkyl halides is 3. The van der Waals surface area contributed by atoms with Crippen LogP contribution in [0.2, 0.25) is 0 Å². The second kappa shape index (κ2) is 7.41. The minimum absolute atomic E-state index is 0. The van der Waals surface area contributed by atoms with Crippen LogP contribution in [-0.2, 0) is 17.5 Å². The van der Waals surface area contributed by atoms with Crippen LogP contribution in [0.25, 0.3) is 0 Å². The highest BCUT2D eigenvalue weighted by molar-refractivity contribution is 14.0. The van der Waals surface area contributed by atoms with Gasteiger partial charge in [0.1, 0.15) is 5.01 Å². The van der Waals surface area contributed by atoms with E-state index in [1.165, 1.54) is 0 Å². The van der Waals surface area contributed by atoms with Crippen molar-refractivity contribution in [3.05, 3.63) is 16.1 Å². The number of aliphatic imine (C=N–C) groups is 1. The molecule has 10 heteroatoms. The Kier molecular flexibility index (Phi) is 6.45. The lowest BCUT2D eigenvalue weighted by atomic mass is 10.4. The van der Waals surface area contributed by atoms with Gasteiger partial charge >= 0.3 is 6.18 Å². The maximum atomic E-state index is 12.4. The van der Waals surface area contributed by atoms with Gasteiger partial charge in [0.25, 0.3) is 0 Å². The van der Waals surface area contributed by atoms with Gasteiger partial charge < -0.3 is 15.4 Å². The summed E-state index contributed by atoms with van der Waals surface area (Å²) in [6, 6.07) is 0. The molecule has 2 rings (SSSR count). The number of nitrogens with two attached hydrogens (primary N) is 1. The first kappa shape index (κ1) is 17.4. The monoisotopic (exact) mass is 422 g/mol. The maximum absolute atomic E-state index is 12.4. The van der Waals surface area contributed by atoms with Gasteiger partial charge in [-0.15, -0.1) is 35.3 Å². The standard InChI is InChI=1S/C10H13F3N4OS.HI/c11-10(12,13)7-6-19-8(16-7)5-15-9(14)17-1-3-18-4-2-17;/h6H,1-5H2,(H2,14,15);1H. The summed E-state index contributed by atoms with van der Waals surface area (Å²) in [7, 11) is 0. The van der Waals surface area contributed by atoms with Crippen LogP contribution in [-0.4, -0.2) is 42.1 Å². The second-order valence-electron chi connectivity index (χ2n) is 3.90. The molecule has 0 saturated carbocycles. The van der Waals surface area contributed by atoms with E-state index in [-0.39, 0.29) is 30.5 Å². The summed E-state index contributed by atoms with van der Waals surface area (Å²) in [4.78, 5) is 9.38. The summed E-state index contributed by atoms with van der Waals surface area (Å²) in [6.45, 7) is 2.49. The fraction of sp³-hybridized carbons (Fsp3) is 0.600. The number of nitrogens with zero attached hydrogens (tertiary/aromatic N) is 3. The zero-order valence-electron chi connectivity index (χ0n) is 10.4. The molecule has 0 unspecified atom stereocenters. The normalized spacial score (nSPS) is 16.9. The zero-order valence-corrected chi connectivity index (χ0v) is 13.5. The number of aromatic nitrogens is 1. The third-order valence-electron chi connectivity index (χ3n) is 2.55. The lowest BCUT2D eigenvalue weighted by Gasteiger charge is -2.27. The molecule has 1 aromatic rings. The Labute approximate surface area is 135 Å². The van der Waals surface area contributed by atoms with Crippen LogP contribution in [0.3, 0.4) is 0 Å². The lowest BCUT2D eigenvalue weighted by molar-refractivity contribution is -0.140. The summed E-state index contributed by atoms with van der Waals surface area (Å²) in [5.74, 6) is 0.312. The minimum Gasteiger partial charge on any atom is -0.378 e. The predicted octanol–water partition coefficient (Wildman–Crippen LogP) is 1.93. The molecule has 114 valence electrons. The number of morpholine rings is 1. The van der Waals surface area contributed by atoms with E-state index in [2.05, 4.69) is 9.98 Å². The highest BCUT2D eigenvalue weighted by Gasteiger charge is 2.33. The van der Waals surface area contributed by atoms with Crippen molar-refractivity contribution >= 4 is 41.3 Å². The number of guanidine groups is 1. The topological polar surface area (TPSA) is 63.7 Å². The van der Waals surface area contributed by atoms with Gasteiger partial charge in [0.2, 0.25) is 0 Å². The van der Waals surface area contributed by atoms with Crippen molar-refractivity contribution < 1.29 is 17.9 Å². The van der Waals surface area contributed by atoms with Crippen molar-refractivity contribution in [1.82, 2.24) is 9.88 Å². The van der Waals surface area contributed by atoms with Gasteiger partial charge in [-0.2, -0.15) is 13.2 Å². The summed E-state index contributed by atoms with van der Waals surface area (Å²) in [6.07, 6.45) is -4.41. The Balaban J connectivity index is 0.00000200. The third-order valence-corrected chi connectivity index (χ3v) is 3.39. The van der Waals surface area contributed by atoms with Gasteiger partial charge in [-0.25, -0.2) is 9.98 Å². The van der Waals surface area contributed by atoms with E-state index in [1.54, 1.807) is 0 Å². The van der Waals surface area contributed by atoms with E-state index in [9.17, 15) is 13.2 Å². The van der Waals surface area contributed by atoms with Crippen molar-refractivity contribution in [1.29, 1.82) is 0 Å². The van der Waals surface area contributed by atoms with Crippen LogP contribution in [0.5, 0.6) is 0 Å². The molecule has 0 bridgehead atoms. The van der Waals surface area contributed by atoms with E-state index >= 15 is 0 Å². The first-order chi connectivity index (χ1) is 8.97. The smallest absolute Gasteiger partial charge is 0.378 e. The highest BCUT2D eigenvalue weighted by atomic mass is 127. The van der Waals surface area contributed by atoms with Gasteiger partial charge in [-0.05, 0) is 0 Å². The Bertz CT molecular complexity index is 460. The van der Waals surface area contributed by atoms with E-state index in [0.717, 1.165) is 16.7 Å². The number of halogens is 4. The van der Waals surface area contributed by atoms with E-state index < -0.39 is 11.9 Å². The molecular weight excluding hydrogens is 408 g/mol. The molecule has 0 atom stereocenters. The molecule has 1 fully saturated rings. The van der Waals surface area contributed by atoms with E-state index in [4.69, 9.17) is 10.5 Å². The predicted molar refractivity (Wildman–Crippen MR) is 80.2 cm³/mol. The maximum Gasteiger partial charge on any atom is 0.434 e. The fourth-order valence-corrected chi connectivity index (χ4v) is 2.28. The van der Waals surface area contributed by atoms with Crippen molar-refractivity contribution in [3.63, 3.8) is 0 Å². The molecular formula is C10H14F3IN4OS. The van der Waals surface area contributed by atoms with Crippen LogP contribution in [0.1, 0.15) is 10.7 Å².